The van der Waals surface area contributed by atoms with Gasteiger partial charge in [0.2, 0.25) is 0 Å². The zero-order valence-corrected chi connectivity index (χ0v) is 18.5. The van der Waals surface area contributed by atoms with Crippen molar-refractivity contribution < 1.29 is 18.7 Å². The van der Waals surface area contributed by atoms with E-state index in [9.17, 15) is 9.59 Å². The molecule has 1 unspecified atom stereocenters. The van der Waals surface area contributed by atoms with Gasteiger partial charge in [0.1, 0.15) is 23.3 Å². The first-order valence-corrected chi connectivity index (χ1v) is 10.4. The number of carbonyl (C=O) groups excluding carboxylic acids is 2. The van der Waals surface area contributed by atoms with E-state index >= 15 is 0 Å². The minimum Gasteiger partial charge on any atom is -0.444 e. The second-order valence-corrected chi connectivity index (χ2v) is 8.68. The molecular formula is C24H26N4O4. The molecule has 4 aromatic rings. The smallest absolute Gasteiger partial charge is 0.407 e. The van der Waals surface area contributed by atoms with Gasteiger partial charge in [0, 0.05) is 24.3 Å². The third kappa shape index (κ3) is 4.59. The van der Waals surface area contributed by atoms with Gasteiger partial charge in [-0.15, -0.1) is 0 Å². The fraction of sp³-hybridized carbons (Fsp3) is 0.292. The average Bonchev–Trinajstić information content (AvgIpc) is 3.31. The summed E-state index contributed by atoms with van der Waals surface area (Å²) in [6, 6.07) is 13.6. The Labute approximate surface area is 185 Å². The summed E-state index contributed by atoms with van der Waals surface area (Å²) in [5, 5.41) is 7.75. The second-order valence-electron chi connectivity index (χ2n) is 8.68. The number of nitrogens with one attached hydrogen (secondary N) is 2. The minimum absolute atomic E-state index is 0.223. The summed E-state index contributed by atoms with van der Waals surface area (Å²) in [7, 11) is 0. The molecule has 32 heavy (non-hydrogen) atoms. The number of fused-ring (bicyclic) bond motifs is 2. The van der Waals surface area contributed by atoms with Crippen molar-refractivity contribution in [3.63, 3.8) is 0 Å². The van der Waals surface area contributed by atoms with E-state index in [4.69, 9.17) is 9.15 Å². The van der Waals surface area contributed by atoms with Gasteiger partial charge in [-0.25, -0.2) is 4.79 Å². The molecule has 0 fully saturated rings. The molecule has 1 atom stereocenters. The highest BCUT2D eigenvalue weighted by atomic mass is 16.6. The van der Waals surface area contributed by atoms with E-state index in [1.807, 2.05) is 42.5 Å². The molecule has 2 heterocycles. The number of imidazole rings is 1. The Morgan fingerprint density at radius 3 is 2.66 bits per heavy atom. The molecule has 0 aliphatic heterocycles. The van der Waals surface area contributed by atoms with Gasteiger partial charge < -0.3 is 19.8 Å². The molecule has 0 bridgehead atoms. The van der Waals surface area contributed by atoms with Gasteiger partial charge in [-0.1, -0.05) is 36.4 Å². The maximum absolute atomic E-state index is 13.1. The molecule has 0 radical (unpaired) electrons. The number of hydrogen-bond donors (Lipinski definition) is 2. The molecule has 2 aromatic carbocycles. The number of carbonyl (C=O) groups is 2. The summed E-state index contributed by atoms with van der Waals surface area (Å²) in [6.45, 7) is 7.40. The summed E-state index contributed by atoms with van der Waals surface area (Å²) in [5.74, 6) is 0.0122. The normalized spacial score (nSPS) is 12.6. The average molecular weight is 434 g/mol. The summed E-state index contributed by atoms with van der Waals surface area (Å²) < 4.78 is 12.3. The van der Waals surface area contributed by atoms with E-state index < -0.39 is 11.7 Å². The number of oxazole rings is 1. The van der Waals surface area contributed by atoms with Crippen LogP contribution < -0.4 is 10.6 Å². The summed E-state index contributed by atoms with van der Waals surface area (Å²) in [5.41, 5.74) is 1.12. The number of alkyl carbamates (subject to hydrolysis) is 1. The van der Waals surface area contributed by atoms with Crippen LogP contribution in [0.2, 0.25) is 0 Å². The monoisotopic (exact) mass is 434 g/mol. The van der Waals surface area contributed by atoms with Crippen LogP contribution in [0.15, 0.2) is 59.3 Å². The van der Waals surface area contributed by atoms with Crippen LogP contribution in [0.25, 0.3) is 27.9 Å². The van der Waals surface area contributed by atoms with Crippen LogP contribution in [-0.2, 0) is 4.74 Å². The molecule has 0 spiro atoms. The molecule has 0 aliphatic rings. The van der Waals surface area contributed by atoms with Crippen LogP contribution in [0.4, 0.5) is 4.79 Å². The minimum atomic E-state index is -0.591. The quantitative estimate of drug-likeness (QED) is 0.485. The highest BCUT2D eigenvalue weighted by Crippen LogP contribution is 2.28. The number of benzene rings is 2. The number of ether oxygens (including phenoxy) is 1. The third-order valence-corrected chi connectivity index (χ3v) is 4.83. The first-order valence-electron chi connectivity index (χ1n) is 10.4. The molecule has 0 aliphatic carbocycles. The Hall–Kier alpha value is -3.81. The molecule has 2 aromatic heterocycles. The zero-order valence-electron chi connectivity index (χ0n) is 18.5. The summed E-state index contributed by atoms with van der Waals surface area (Å²) in [4.78, 5) is 29.6. The van der Waals surface area contributed by atoms with Crippen molar-refractivity contribution in [1.29, 1.82) is 0 Å². The van der Waals surface area contributed by atoms with Crippen LogP contribution >= 0.6 is 0 Å². The second kappa shape index (κ2) is 8.37. The number of hydrogen-bond acceptors (Lipinski definition) is 5. The van der Waals surface area contributed by atoms with E-state index in [2.05, 4.69) is 15.6 Å². The molecule has 4 rings (SSSR count). The highest BCUT2D eigenvalue weighted by Gasteiger charge is 2.23. The lowest BCUT2D eigenvalue weighted by atomic mass is 10.0. The number of amides is 2. The molecule has 0 saturated heterocycles. The van der Waals surface area contributed by atoms with E-state index in [0.717, 1.165) is 16.3 Å². The van der Waals surface area contributed by atoms with Crippen LogP contribution in [0.5, 0.6) is 0 Å². The Balaban J connectivity index is 1.55. The van der Waals surface area contributed by atoms with Crippen LogP contribution in [0.1, 0.15) is 38.2 Å². The van der Waals surface area contributed by atoms with Crippen molar-refractivity contribution in [2.75, 3.05) is 6.54 Å². The van der Waals surface area contributed by atoms with Crippen molar-refractivity contribution in [1.82, 2.24) is 20.0 Å². The Morgan fingerprint density at radius 2 is 1.91 bits per heavy atom. The topological polar surface area (TPSA) is 97.9 Å². The fourth-order valence-corrected chi connectivity index (χ4v) is 3.43. The first kappa shape index (κ1) is 21.4. The van der Waals surface area contributed by atoms with E-state index in [0.29, 0.717) is 17.2 Å². The lowest BCUT2D eigenvalue weighted by molar-refractivity contribution is 0.0506. The van der Waals surface area contributed by atoms with Crippen LogP contribution in [0.3, 0.4) is 0 Å². The number of aromatic nitrogens is 2. The van der Waals surface area contributed by atoms with Crippen molar-refractivity contribution in [2.45, 2.75) is 39.3 Å². The Kier molecular flexibility index (Phi) is 5.61. The van der Waals surface area contributed by atoms with Gasteiger partial charge in [-0.05, 0) is 44.5 Å². The maximum atomic E-state index is 13.1. The predicted molar refractivity (Wildman–Crippen MR) is 122 cm³/mol. The SMILES string of the molecule is CC(CNC(=O)c1c(-c2ccc3ccccc3c2)nc2occn12)NC(=O)OC(C)(C)C. The van der Waals surface area contributed by atoms with E-state index in [1.54, 1.807) is 38.3 Å². The molecular weight excluding hydrogens is 408 g/mol. The van der Waals surface area contributed by atoms with Crippen molar-refractivity contribution in [3.8, 4) is 11.3 Å². The first-order chi connectivity index (χ1) is 15.2. The van der Waals surface area contributed by atoms with Crippen molar-refractivity contribution in [3.05, 3.63) is 60.6 Å². The summed E-state index contributed by atoms with van der Waals surface area (Å²) >= 11 is 0. The Morgan fingerprint density at radius 1 is 1.16 bits per heavy atom. The van der Waals surface area contributed by atoms with Crippen molar-refractivity contribution in [2.24, 2.45) is 0 Å². The van der Waals surface area contributed by atoms with Crippen LogP contribution in [0, 0.1) is 0 Å². The molecule has 8 heteroatoms. The fourth-order valence-electron chi connectivity index (χ4n) is 3.43. The zero-order chi connectivity index (χ0) is 22.9. The van der Waals surface area contributed by atoms with E-state index in [1.165, 1.54) is 6.26 Å². The highest BCUT2D eigenvalue weighted by molar-refractivity contribution is 6.00. The van der Waals surface area contributed by atoms with Gasteiger partial charge >= 0.3 is 11.9 Å². The maximum Gasteiger partial charge on any atom is 0.407 e. The lowest BCUT2D eigenvalue weighted by Gasteiger charge is -2.22. The van der Waals surface area contributed by atoms with Gasteiger partial charge in [-0.3, -0.25) is 9.20 Å². The molecule has 0 saturated carbocycles. The van der Waals surface area contributed by atoms with Crippen LogP contribution in [-0.4, -0.2) is 39.6 Å². The molecule has 8 nitrogen and oxygen atoms in total. The van der Waals surface area contributed by atoms with Gasteiger partial charge in [0.25, 0.3) is 5.91 Å². The molecule has 2 N–H and O–H groups in total. The number of rotatable bonds is 5. The van der Waals surface area contributed by atoms with Crippen molar-refractivity contribution >= 4 is 28.6 Å². The van der Waals surface area contributed by atoms with Gasteiger partial charge in [-0.2, -0.15) is 4.98 Å². The summed E-state index contributed by atoms with van der Waals surface area (Å²) in [6.07, 6.45) is 2.61. The Bertz CT molecular complexity index is 1280. The van der Waals surface area contributed by atoms with E-state index in [-0.39, 0.29) is 18.5 Å². The van der Waals surface area contributed by atoms with Gasteiger partial charge in [0.05, 0.1) is 0 Å². The standard InChI is InChI=1S/C24H26N4O4/c1-15(26-23(30)32-24(2,3)4)14-25-21(29)20-19(27-22-28(20)11-12-31-22)18-10-9-16-7-5-6-8-17(16)13-18/h5-13,15H,14H2,1-4H3,(H,25,29)(H,26,30). The van der Waals surface area contributed by atoms with Gasteiger partial charge in [0.15, 0.2) is 0 Å². The predicted octanol–water partition coefficient (Wildman–Crippen LogP) is 4.39. The number of nitrogens with zero attached hydrogens (tertiary/aromatic N) is 2. The largest absolute Gasteiger partial charge is 0.444 e. The lowest BCUT2D eigenvalue weighted by Crippen LogP contribution is -2.44. The molecule has 2 amide bonds. The third-order valence-electron chi connectivity index (χ3n) is 4.83. The molecule has 166 valence electrons.